The first-order valence-corrected chi connectivity index (χ1v) is 7.23. The van der Waals surface area contributed by atoms with E-state index in [-0.39, 0.29) is 12.5 Å². The third-order valence-electron chi connectivity index (χ3n) is 2.99. The van der Waals surface area contributed by atoms with Gasteiger partial charge in [0, 0.05) is 17.1 Å². The van der Waals surface area contributed by atoms with Crippen LogP contribution in [0.2, 0.25) is 0 Å². The van der Waals surface area contributed by atoms with Gasteiger partial charge in [0.1, 0.15) is 11.5 Å². The van der Waals surface area contributed by atoms with Gasteiger partial charge in [0.25, 0.3) is 0 Å². The van der Waals surface area contributed by atoms with Crippen molar-refractivity contribution in [3.8, 4) is 0 Å². The van der Waals surface area contributed by atoms with Gasteiger partial charge >= 0.3 is 5.97 Å². The molecule has 0 atom stereocenters. The van der Waals surface area contributed by atoms with Crippen LogP contribution in [-0.4, -0.2) is 36.6 Å². The van der Waals surface area contributed by atoms with E-state index >= 15 is 0 Å². The van der Waals surface area contributed by atoms with E-state index in [0.29, 0.717) is 4.99 Å². The monoisotopic (exact) mass is 351 g/mol. The molecule has 0 bridgehead atoms. The maximum atomic E-state index is 11.3. The molecule has 2 aromatic carbocycles. The molecule has 2 rings (SSSR count). The molecule has 0 spiro atoms. The highest BCUT2D eigenvalue weighted by atomic mass is 79.9. The van der Waals surface area contributed by atoms with E-state index in [1.165, 1.54) is 7.11 Å². The lowest BCUT2D eigenvalue weighted by Crippen LogP contribution is -2.31. The second-order valence-electron chi connectivity index (χ2n) is 4.44. The Morgan fingerprint density at radius 1 is 1.25 bits per heavy atom. The fourth-order valence-corrected chi connectivity index (χ4v) is 2.47. The Hall–Kier alpha value is -1.46. The van der Waals surface area contributed by atoms with Crippen molar-refractivity contribution >= 4 is 49.9 Å². The number of benzene rings is 2. The van der Waals surface area contributed by atoms with Crippen molar-refractivity contribution in [1.82, 2.24) is 4.90 Å². The van der Waals surface area contributed by atoms with Crippen LogP contribution in [0.4, 0.5) is 0 Å². The van der Waals surface area contributed by atoms with Crippen molar-refractivity contribution in [1.29, 1.82) is 0 Å². The first kappa shape index (κ1) is 14.9. The fourth-order valence-electron chi connectivity index (χ4n) is 1.90. The molecule has 2 aromatic rings. The highest BCUT2D eigenvalue weighted by molar-refractivity contribution is 9.10. The van der Waals surface area contributed by atoms with Crippen LogP contribution < -0.4 is 0 Å². The number of methoxy groups -OCH3 is 1. The standard InChI is InChI=1S/C15H14BrNO2S/c1-17(9-14(18)19-2)15(20)12-4-3-11-8-13(16)6-5-10(11)7-12/h3-8H,9H2,1-2H3. The van der Waals surface area contributed by atoms with Crippen LogP contribution >= 0.6 is 28.1 Å². The van der Waals surface area contributed by atoms with Crippen molar-refractivity contribution in [2.24, 2.45) is 0 Å². The third-order valence-corrected chi connectivity index (χ3v) is 4.03. The van der Waals surface area contributed by atoms with E-state index < -0.39 is 0 Å². The normalized spacial score (nSPS) is 10.3. The van der Waals surface area contributed by atoms with Gasteiger partial charge < -0.3 is 9.64 Å². The zero-order valence-corrected chi connectivity index (χ0v) is 13.6. The number of ether oxygens (including phenoxy) is 1. The number of halogens is 1. The summed E-state index contributed by atoms with van der Waals surface area (Å²) >= 11 is 8.86. The van der Waals surface area contributed by atoms with Gasteiger partial charge in [-0.3, -0.25) is 4.79 Å². The van der Waals surface area contributed by atoms with Crippen LogP contribution in [0.3, 0.4) is 0 Å². The van der Waals surface area contributed by atoms with E-state index in [1.807, 2.05) is 30.3 Å². The molecule has 0 saturated heterocycles. The van der Waals surface area contributed by atoms with Crippen molar-refractivity contribution < 1.29 is 9.53 Å². The first-order valence-electron chi connectivity index (χ1n) is 6.03. The number of nitrogens with zero attached hydrogens (tertiary/aromatic N) is 1. The zero-order valence-electron chi connectivity index (χ0n) is 11.2. The number of hydrogen-bond acceptors (Lipinski definition) is 3. The molecule has 104 valence electrons. The van der Waals surface area contributed by atoms with Crippen LogP contribution in [0, 0.1) is 0 Å². The Labute approximate surface area is 131 Å². The van der Waals surface area contributed by atoms with E-state index in [9.17, 15) is 4.79 Å². The lowest BCUT2D eigenvalue weighted by molar-refractivity contribution is -0.140. The lowest BCUT2D eigenvalue weighted by Gasteiger charge is -2.19. The van der Waals surface area contributed by atoms with Crippen LogP contribution in [0.5, 0.6) is 0 Å². The largest absolute Gasteiger partial charge is 0.468 e. The van der Waals surface area contributed by atoms with Gasteiger partial charge in [-0.2, -0.15) is 0 Å². The summed E-state index contributed by atoms with van der Waals surface area (Å²) in [6, 6.07) is 12.1. The summed E-state index contributed by atoms with van der Waals surface area (Å²) < 4.78 is 5.69. The molecule has 0 aromatic heterocycles. The number of esters is 1. The number of likely N-dealkylation sites (N-methyl/N-ethyl adjacent to an activating group) is 1. The highest BCUT2D eigenvalue weighted by Gasteiger charge is 2.12. The van der Waals surface area contributed by atoms with E-state index in [0.717, 1.165) is 20.8 Å². The summed E-state index contributed by atoms with van der Waals surface area (Å²) in [4.78, 5) is 13.6. The average Bonchev–Trinajstić information content (AvgIpc) is 2.45. The van der Waals surface area contributed by atoms with E-state index in [4.69, 9.17) is 12.2 Å². The van der Waals surface area contributed by atoms with Crippen LogP contribution in [0.25, 0.3) is 10.8 Å². The Morgan fingerprint density at radius 2 is 1.90 bits per heavy atom. The second-order valence-corrected chi connectivity index (χ2v) is 5.75. The highest BCUT2D eigenvalue weighted by Crippen LogP contribution is 2.21. The lowest BCUT2D eigenvalue weighted by atomic mass is 10.1. The van der Waals surface area contributed by atoms with Crippen molar-refractivity contribution in [3.05, 3.63) is 46.4 Å². The summed E-state index contributed by atoms with van der Waals surface area (Å²) in [6.07, 6.45) is 0. The molecule has 0 N–H and O–H groups in total. The van der Waals surface area contributed by atoms with Gasteiger partial charge in [-0.05, 0) is 29.0 Å². The molecule has 0 aliphatic rings. The predicted octanol–water partition coefficient (Wildman–Crippen LogP) is 3.38. The van der Waals surface area contributed by atoms with Gasteiger partial charge in [-0.1, -0.05) is 46.3 Å². The van der Waals surface area contributed by atoms with Crippen molar-refractivity contribution in [3.63, 3.8) is 0 Å². The molecule has 0 aliphatic carbocycles. The number of hydrogen-bond donors (Lipinski definition) is 0. The quantitative estimate of drug-likeness (QED) is 0.626. The minimum atomic E-state index is -0.306. The molecule has 5 heteroatoms. The number of thiocarbonyl (C=S) groups is 1. The van der Waals surface area contributed by atoms with Gasteiger partial charge in [0.15, 0.2) is 0 Å². The van der Waals surface area contributed by atoms with Gasteiger partial charge in [0.05, 0.1) is 7.11 Å². The summed E-state index contributed by atoms with van der Waals surface area (Å²) in [7, 11) is 3.15. The number of carbonyl (C=O) groups is 1. The molecule has 0 heterocycles. The Balaban J connectivity index is 2.26. The Kier molecular flexibility index (Phi) is 4.73. The Bertz CT molecular complexity index is 672. The van der Waals surface area contributed by atoms with Gasteiger partial charge in [-0.15, -0.1) is 0 Å². The van der Waals surface area contributed by atoms with Crippen molar-refractivity contribution in [2.75, 3.05) is 20.7 Å². The molecule has 3 nitrogen and oxygen atoms in total. The predicted molar refractivity (Wildman–Crippen MR) is 88.0 cm³/mol. The molecular weight excluding hydrogens is 338 g/mol. The summed E-state index contributed by atoms with van der Waals surface area (Å²) in [5, 5.41) is 2.25. The van der Waals surface area contributed by atoms with E-state index in [1.54, 1.807) is 11.9 Å². The molecule has 0 unspecified atom stereocenters. The maximum absolute atomic E-state index is 11.3. The molecule has 0 radical (unpaired) electrons. The molecule has 0 fully saturated rings. The average molecular weight is 352 g/mol. The van der Waals surface area contributed by atoms with Crippen LogP contribution in [0.1, 0.15) is 5.56 Å². The van der Waals surface area contributed by atoms with Gasteiger partial charge in [0.2, 0.25) is 0 Å². The minimum absolute atomic E-state index is 0.147. The van der Waals surface area contributed by atoms with Crippen LogP contribution in [0.15, 0.2) is 40.9 Å². The zero-order chi connectivity index (χ0) is 14.7. The van der Waals surface area contributed by atoms with Crippen molar-refractivity contribution in [2.45, 2.75) is 0 Å². The fraction of sp³-hybridized carbons (Fsp3) is 0.200. The topological polar surface area (TPSA) is 29.5 Å². The third kappa shape index (κ3) is 3.35. The smallest absolute Gasteiger partial charge is 0.325 e. The summed E-state index contributed by atoms with van der Waals surface area (Å²) in [5.41, 5.74) is 0.918. The van der Waals surface area contributed by atoms with Gasteiger partial charge in [-0.25, -0.2) is 0 Å². The number of carbonyl (C=O) groups excluding carboxylic acids is 1. The molecule has 0 saturated carbocycles. The molecule has 0 aliphatic heterocycles. The molecule has 0 amide bonds. The van der Waals surface area contributed by atoms with E-state index in [2.05, 4.69) is 26.7 Å². The SMILES string of the molecule is COC(=O)CN(C)C(=S)c1ccc2cc(Br)ccc2c1. The second kappa shape index (κ2) is 6.33. The van der Waals surface area contributed by atoms with Crippen LogP contribution in [-0.2, 0) is 9.53 Å². The molecule has 20 heavy (non-hydrogen) atoms. The minimum Gasteiger partial charge on any atom is -0.468 e. The first-order chi connectivity index (χ1) is 9.51. The summed E-state index contributed by atoms with van der Waals surface area (Å²) in [6.45, 7) is 0.147. The number of rotatable bonds is 3. The number of fused-ring (bicyclic) bond motifs is 1. The summed E-state index contributed by atoms with van der Waals surface area (Å²) in [5.74, 6) is -0.306. The Morgan fingerprint density at radius 3 is 2.60 bits per heavy atom. The maximum Gasteiger partial charge on any atom is 0.325 e. The molecular formula is C15H14BrNO2S.